The predicted molar refractivity (Wildman–Crippen MR) is 251 cm³/mol. The molecule has 10 heteroatoms. The molecule has 0 unspecified atom stereocenters. The van der Waals surface area contributed by atoms with Crippen LogP contribution in [0.4, 0.5) is 0 Å². The van der Waals surface area contributed by atoms with Gasteiger partial charge in [-0.2, -0.15) is 0 Å². The van der Waals surface area contributed by atoms with Gasteiger partial charge in [-0.3, -0.25) is 29.9 Å². The molecule has 1 aliphatic heterocycles. The molecule has 0 aliphatic carbocycles. The molecule has 0 N–H and O–H groups in total. The Morgan fingerprint density at radius 2 is 1.05 bits per heavy atom. The number of hydrogen-bond donors (Lipinski definition) is 0. The summed E-state index contributed by atoms with van der Waals surface area (Å²) >= 11 is 1.63. The van der Waals surface area contributed by atoms with E-state index in [0.717, 1.165) is 35.2 Å². The third-order valence-electron chi connectivity index (χ3n) is 6.94. The molecule has 9 rings (SSSR count). The molecule has 0 amide bonds. The highest BCUT2D eigenvalue weighted by molar-refractivity contribution is 7.07. The Morgan fingerprint density at radius 3 is 1.27 bits per heavy atom. The Bertz CT molecular complexity index is 1810. The standard InChI is InChI=1S/C7H8.4C6H7N.C5H6N2.C5H7N.C5H6O.C4H5NS/c1-7-5-3-2-4-6-7;1-6-2-4-7-5-3-6;1-6-3-2-4-7-5-6;2*1-6-4-2-3-5-7-6;1-5-6-3-2-4-7-5;1-5-3-2-4-6-5;1-5-2-3-6-4-5;1-4-2-6-3-5-4/h2-6H,1H3;4*2-5H,1H3;2-4H,1H3;2-3H,4H2,1H3;2-4H,1H3;2-3H,1H3. The highest BCUT2D eigenvalue weighted by Gasteiger charge is 1.86. The van der Waals surface area contributed by atoms with Crippen molar-refractivity contribution in [2.24, 2.45) is 4.99 Å². The van der Waals surface area contributed by atoms with Crippen LogP contribution < -0.4 is 0 Å². The van der Waals surface area contributed by atoms with Crippen LogP contribution in [0.15, 0.2) is 198 Å². The molecule has 0 spiro atoms. The fourth-order valence-corrected chi connectivity index (χ4v) is 4.30. The van der Waals surface area contributed by atoms with E-state index in [1.54, 1.807) is 73.3 Å². The van der Waals surface area contributed by atoms with E-state index >= 15 is 0 Å². The third-order valence-corrected chi connectivity index (χ3v) is 7.65. The molecule has 8 aromatic rings. The second-order valence-corrected chi connectivity index (χ2v) is 13.5. The molecule has 8 heterocycles. The minimum Gasteiger partial charge on any atom is -0.472 e. The SMILES string of the molecule is CC1=NCC=C1.Cc1ccccc1.Cc1ccccn1.Cc1ccccn1.Cc1cccnc1.Cc1ccncc1.Cc1ccoc1.Cc1cscn1.Cc1ncccn1. The molecule has 0 atom stereocenters. The molecule has 0 saturated carbocycles. The minimum absolute atomic E-state index is 0.822. The van der Waals surface area contributed by atoms with Crippen LogP contribution >= 0.6 is 11.3 Å². The lowest BCUT2D eigenvalue weighted by Crippen LogP contribution is -1.80. The maximum atomic E-state index is 4.71. The monoisotopic (exact) mass is 820 g/mol. The molecule has 1 aliphatic rings. The van der Waals surface area contributed by atoms with Crippen LogP contribution in [0.3, 0.4) is 0 Å². The van der Waals surface area contributed by atoms with Crippen molar-refractivity contribution >= 4 is 17.0 Å². The van der Waals surface area contributed by atoms with Crippen molar-refractivity contribution in [2.75, 3.05) is 6.54 Å². The molecule has 7 aromatic heterocycles. The van der Waals surface area contributed by atoms with Gasteiger partial charge in [0.05, 0.1) is 24.6 Å². The van der Waals surface area contributed by atoms with Crippen molar-refractivity contribution in [3.8, 4) is 0 Å². The zero-order valence-corrected chi connectivity index (χ0v) is 37.3. The topological polar surface area (TPSA) is 116 Å². The first-order valence-electron chi connectivity index (χ1n) is 19.3. The smallest absolute Gasteiger partial charge is 0.125 e. The van der Waals surface area contributed by atoms with Crippen molar-refractivity contribution in [3.63, 3.8) is 0 Å². The Balaban J connectivity index is 0.000000338. The van der Waals surface area contributed by atoms with E-state index in [1.807, 2.05) is 163 Å². The van der Waals surface area contributed by atoms with Gasteiger partial charge in [-0.15, -0.1) is 11.3 Å². The first-order valence-corrected chi connectivity index (χ1v) is 20.2. The average molecular weight is 821 g/mol. The molecule has 0 bridgehead atoms. The second-order valence-electron chi connectivity index (χ2n) is 12.8. The number of hydrogen-bond acceptors (Lipinski definition) is 10. The maximum Gasteiger partial charge on any atom is 0.125 e. The van der Waals surface area contributed by atoms with Crippen molar-refractivity contribution in [2.45, 2.75) is 62.3 Å². The Labute approximate surface area is 362 Å². The van der Waals surface area contributed by atoms with Gasteiger partial charge in [0.15, 0.2) is 0 Å². The van der Waals surface area contributed by atoms with Crippen molar-refractivity contribution in [1.29, 1.82) is 0 Å². The number of aromatic nitrogens is 7. The average Bonchev–Trinajstić information content (AvgIpc) is 4.07. The summed E-state index contributed by atoms with van der Waals surface area (Å²) in [7, 11) is 0. The number of benzene rings is 1. The molecule has 1 aromatic carbocycles. The van der Waals surface area contributed by atoms with Gasteiger partial charge in [-0.1, -0.05) is 60.2 Å². The van der Waals surface area contributed by atoms with Crippen LogP contribution in [-0.4, -0.2) is 47.1 Å². The summed E-state index contributed by atoms with van der Waals surface area (Å²) < 4.78 is 4.71. The van der Waals surface area contributed by atoms with Crippen molar-refractivity contribution in [3.05, 3.63) is 233 Å². The van der Waals surface area contributed by atoms with Crippen molar-refractivity contribution in [1.82, 2.24) is 34.9 Å². The molecule has 0 fully saturated rings. The van der Waals surface area contributed by atoms with Gasteiger partial charge in [-0.05, 0) is 140 Å². The lowest BCUT2D eigenvalue weighted by Gasteiger charge is -1.82. The lowest BCUT2D eigenvalue weighted by molar-refractivity contribution is 0.565. The number of thiazole rings is 1. The van der Waals surface area contributed by atoms with Gasteiger partial charge in [0, 0.05) is 77.7 Å². The van der Waals surface area contributed by atoms with Gasteiger partial charge in [0.1, 0.15) is 5.82 Å². The number of allylic oxidation sites excluding steroid dienone is 1. The zero-order valence-electron chi connectivity index (χ0n) is 36.5. The van der Waals surface area contributed by atoms with Crippen LogP contribution in [0.5, 0.6) is 0 Å². The summed E-state index contributed by atoms with van der Waals surface area (Å²) in [4.78, 5) is 31.4. The Kier molecular flexibility index (Phi) is 30.2. The fourth-order valence-electron chi connectivity index (χ4n) is 3.76. The molecule has 60 heavy (non-hydrogen) atoms. The number of nitrogens with zero attached hydrogens (tertiary/aromatic N) is 8. The van der Waals surface area contributed by atoms with E-state index in [1.165, 1.54) is 22.3 Å². The highest BCUT2D eigenvalue weighted by Crippen LogP contribution is 1.96. The van der Waals surface area contributed by atoms with Crippen LogP contribution in [-0.2, 0) is 0 Å². The number of furan rings is 1. The number of aliphatic imine (C=N–C) groups is 1. The van der Waals surface area contributed by atoms with E-state index in [2.05, 4.69) is 65.0 Å². The number of rotatable bonds is 0. The van der Waals surface area contributed by atoms with E-state index < -0.39 is 0 Å². The minimum atomic E-state index is 0.822. The highest BCUT2D eigenvalue weighted by atomic mass is 32.1. The van der Waals surface area contributed by atoms with Crippen LogP contribution in [0, 0.1) is 55.4 Å². The Hall–Kier alpha value is -6.78. The molecule has 0 saturated heterocycles. The van der Waals surface area contributed by atoms with Gasteiger partial charge in [0.2, 0.25) is 0 Å². The van der Waals surface area contributed by atoms with E-state index in [-0.39, 0.29) is 0 Å². The Morgan fingerprint density at radius 1 is 0.467 bits per heavy atom. The fraction of sp³-hybridized carbons (Fsp3) is 0.200. The van der Waals surface area contributed by atoms with Gasteiger partial charge < -0.3 is 4.42 Å². The van der Waals surface area contributed by atoms with Gasteiger partial charge in [0.25, 0.3) is 0 Å². The molecule has 9 nitrogen and oxygen atoms in total. The third kappa shape index (κ3) is 33.4. The van der Waals surface area contributed by atoms with E-state index in [9.17, 15) is 0 Å². The first kappa shape index (κ1) is 51.2. The second kappa shape index (κ2) is 35.4. The molecular weight excluding hydrogens is 761 g/mol. The van der Waals surface area contributed by atoms with Gasteiger partial charge >= 0.3 is 0 Å². The van der Waals surface area contributed by atoms with Gasteiger partial charge in [-0.25, -0.2) is 9.97 Å². The molecule has 0 radical (unpaired) electrons. The summed E-state index contributed by atoms with van der Waals surface area (Å²) in [6, 6.07) is 33.6. The van der Waals surface area contributed by atoms with E-state index in [4.69, 9.17) is 4.42 Å². The predicted octanol–water partition coefficient (Wildman–Crippen LogP) is 12.4. The summed E-state index contributed by atoms with van der Waals surface area (Å²) in [5, 5.41) is 2.01. The largest absolute Gasteiger partial charge is 0.472 e. The summed E-state index contributed by atoms with van der Waals surface area (Å²) in [6.07, 6.45) is 21.7. The molecular formula is C50H60N8OS. The zero-order chi connectivity index (χ0) is 43.9. The van der Waals surface area contributed by atoms with Crippen LogP contribution in [0.2, 0.25) is 0 Å². The lowest BCUT2D eigenvalue weighted by atomic mass is 10.2. The van der Waals surface area contributed by atoms with E-state index in [0.29, 0.717) is 0 Å². The molecule has 312 valence electrons. The quantitative estimate of drug-likeness (QED) is 0.148. The summed E-state index contributed by atoms with van der Waals surface area (Å²) in [5.74, 6) is 0.822. The number of aryl methyl sites for hydroxylation is 8. The van der Waals surface area contributed by atoms with Crippen molar-refractivity contribution < 1.29 is 4.42 Å². The normalized spacial score (nSPS) is 9.72. The summed E-state index contributed by atoms with van der Waals surface area (Å²) in [5.41, 5.74) is 11.2. The summed E-state index contributed by atoms with van der Waals surface area (Å²) in [6.45, 7) is 18.8. The van der Waals surface area contributed by atoms with Crippen LogP contribution in [0.25, 0.3) is 0 Å². The number of pyridine rings is 4. The van der Waals surface area contributed by atoms with Crippen LogP contribution in [0.1, 0.15) is 52.1 Å². The first-order chi connectivity index (χ1) is 29.0. The maximum absolute atomic E-state index is 4.71.